The quantitative estimate of drug-likeness (QED) is 0.739. The molecular weight excluding hydrogens is 314 g/mol. The van der Waals surface area contributed by atoms with Gasteiger partial charge in [-0.05, 0) is 23.9 Å². The Morgan fingerprint density at radius 1 is 1.48 bits per heavy atom. The number of amides is 1. The largest absolute Gasteiger partial charge is 0.370 e. The van der Waals surface area contributed by atoms with Gasteiger partial charge in [-0.3, -0.25) is 4.79 Å². The molecule has 118 valence electrons. The van der Waals surface area contributed by atoms with Crippen LogP contribution in [0.25, 0.3) is 10.2 Å². The lowest BCUT2D eigenvalue weighted by Crippen LogP contribution is -2.50. The van der Waals surface area contributed by atoms with Gasteiger partial charge in [0.25, 0.3) is 5.91 Å². The van der Waals surface area contributed by atoms with E-state index in [9.17, 15) is 4.79 Å². The van der Waals surface area contributed by atoms with Gasteiger partial charge in [-0.15, -0.1) is 16.4 Å². The van der Waals surface area contributed by atoms with Crippen molar-refractivity contribution in [3.8, 4) is 0 Å². The average molecular weight is 329 g/mol. The molecule has 5 heterocycles. The molecule has 1 fully saturated rings. The Hall–Kier alpha value is -2.19. The number of fused-ring (bicyclic) bond motifs is 4. The fourth-order valence-electron chi connectivity index (χ4n) is 3.50. The lowest BCUT2D eigenvalue weighted by atomic mass is 10.00. The van der Waals surface area contributed by atoms with Crippen LogP contribution < -0.4 is 0 Å². The SMILES string of the molecule is O=C(c1cc2sccc2[nH]1)N1CC[C@H]2OCc3cnnn3[C@H]2C1. The van der Waals surface area contributed by atoms with E-state index in [-0.39, 0.29) is 18.1 Å². The van der Waals surface area contributed by atoms with E-state index in [1.54, 1.807) is 17.5 Å². The van der Waals surface area contributed by atoms with Gasteiger partial charge in [-0.25, -0.2) is 4.68 Å². The molecule has 0 aromatic carbocycles. The van der Waals surface area contributed by atoms with Gasteiger partial charge < -0.3 is 14.6 Å². The summed E-state index contributed by atoms with van der Waals surface area (Å²) >= 11 is 1.64. The monoisotopic (exact) mass is 329 g/mol. The summed E-state index contributed by atoms with van der Waals surface area (Å²) in [6.45, 7) is 1.86. The summed E-state index contributed by atoms with van der Waals surface area (Å²) in [5, 5.41) is 10.2. The van der Waals surface area contributed by atoms with E-state index < -0.39 is 0 Å². The van der Waals surface area contributed by atoms with Crippen molar-refractivity contribution >= 4 is 27.5 Å². The van der Waals surface area contributed by atoms with Gasteiger partial charge in [0, 0.05) is 13.1 Å². The number of H-pyrrole nitrogens is 1. The van der Waals surface area contributed by atoms with Crippen molar-refractivity contribution in [2.45, 2.75) is 25.2 Å². The number of likely N-dealkylation sites (tertiary alicyclic amines) is 1. The first-order valence-electron chi connectivity index (χ1n) is 7.66. The zero-order chi connectivity index (χ0) is 15.4. The minimum Gasteiger partial charge on any atom is -0.370 e. The number of hydrogen-bond acceptors (Lipinski definition) is 5. The number of aromatic nitrogens is 4. The number of nitrogens with one attached hydrogen (secondary N) is 1. The number of ether oxygens (including phenoxy) is 1. The van der Waals surface area contributed by atoms with Crippen molar-refractivity contribution in [1.82, 2.24) is 24.9 Å². The van der Waals surface area contributed by atoms with E-state index in [0.29, 0.717) is 25.4 Å². The van der Waals surface area contributed by atoms with E-state index in [2.05, 4.69) is 15.3 Å². The fraction of sp³-hybridized carbons (Fsp3) is 0.400. The highest BCUT2D eigenvalue weighted by molar-refractivity contribution is 7.17. The molecule has 0 unspecified atom stereocenters. The van der Waals surface area contributed by atoms with Crippen LogP contribution in [0.2, 0.25) is 0 Å². The Morgan fingerprint density at radius 2 is 2.43 bits per heavy atom. The molecule has 2 aliphatic rings. The molecule has 2 aliphatic heterocycles. The summed E-state index contributed by atoms with van der Waals surface area (Å²) in [6, 6.07) is 3.99. The number of aromatic amines is 1. The molecule has 3 aromatic heterocycles. The summed E-state index contributed by atoms with van der Waals surface area (Å²) in [4.78, 5) is 17.9. The van der Waals surface area contributed by atoms with Gasteiger partial charge in [0.15, 0.2) is 0 Å². The number of rotatable bonds is 1. The van der Waals surface area contributed by atoms with E-state index in [1.807, 2.05) is 27.1 Å². The zero-order valence-electron chi connectivity index (χ0n) is 12.3. The van der Waals surface area contributed by atoms with Crippen LogP contribution in [0.15, 0.2) is 23.7 Å². The van der Waals surface area contributed by atoms with E-state index in [4.69, 9.17) is 4.74 Å². The van der Waals surface area contributed by atoms with Crippen LogP contribution in [0.5, 0.6) is 0 Å². The number of nitrogens with zero attached hydrogens (tertiary/aromatic N) is 4. The van der Waals surface area contributed by atoms with Crippen LogP contribution in [-0.4, -0.2) is 50.0 Å². The number of thiophene rings is 1. The van der Waals surface area contributed by atoms with Gasteiger partial charge in [0.2, 0.25) is 0 Å². The van der Waals surface area contributed by atoms with Crippen molar-refractivity contribution in [2.24, 2.45) is 0 Å². The second-order valence-corrected chi connectivity index (χ2v) is 6.96. The molecule has 1 saturated heterocycles. The molecule has 5 rings (SSSR count). The maximum Gasteiger partial charge on any atom is 0.270 e. The zero-order valence-corrected chi connectivity index (χ0v) is 13.1. The highest BCUT2D eigenvalue weighted by Gasteiger charge is 2.38. The number of piperidine rings is 1. The maximum absolute atomic E-state index is 12.8. The molecule has 0 aliphatic carbocycles. The van der Waals surface area contributed by atoms with Gasteiger partial charge >= 0.3 is 0 Å². The standard InChI is InChI=1S/C15H15N5O2S/c21-15(11-5-14-10(17-11)2-4-23-14)19-3-1-13-12(7-19)20-9(8-22-13)6-16-18-20/h2,4-6,12-13,17H,1,3,7-8H2/t12-,13+/m0/s1. The van der Waals surface area contributed by atoms with Gasteiger partial charge in [0.1, 0.15) is 5.69 Å². The lowest BCUT2D eigenvalue weighted by molar-refractivity contribution is -0.0605. The summed E-state index contributed by atoms with van der Waals surface area (Å²) in [5.74, 6) is 0.0408. The minimum absolute atomic E-state index is 0.0408. The Bertz CT molecular complexity index is 853. The number of carbonyl (C=O) groups excluding carboxylic acids is 1. The van der Waals surface area contributed by atoms with Crippen LogP contribution in [0.1, 0.15) is 28.6 Å². The Kier molecular flexibility index (Phi) is 2.83. The number of carbonyl (C=O) groups is 1. The molecule has 8 heteroatoms. The molecule has 23 heavy (non-hydrogen) atoms. The molecule has 1 N–H and O–H groups in total. The Balaban J connectivity index is 1.42. The van der Waals surface area contributed by atoms with Crippen molar-refractivity contribution in [3.63, 3.8) is 0 Å². The van der Waals surface area contributed by atoms with Crippen LogP contribution in [0.3, 0.4) is 0 Å². The van der Waals surface area contributed by atoms with Gasteiger partial charge in [-0.1, -0.05) is 5.21 Å². The molecule has 0 bridgehead atoms. The summed E-state index contributed by atoms with van der Waals surface area (Å²) in [6.07, 6.45) is 2.67. The van der Waals surface area contributed by atoms with Crippen LogP contribution in [0, 0.1) is 0 Å². The van der Waals surface area contributed by atoms with E-state index >= 15 is 0 Å². The minimum atomic E-state index is 0.0408. The molecule has 0 saturated carbocycles. The summed E-state index contributed by atoms with van der Waals surface area (Å²) in [5.41, 5.74) is 2.65. The van der Waals surface area contributed by atoms with Crippen LogP contribution in [0.4, 0.5) is 0 Å². The van der Waals surface area contributed by atoms with Gasteiger partial charge in [-0.2, -0.15) is 0 Å². The second-order valence-electron chi connectivity index (χ2n) is 6.01. The number of hydrogen-bond donors (Lipinski definition) is 1. The van der Waals surface area contributed by atoms with E-state index in [0.717, 1.165) is 22.3 Å². The van der Waals surface area contributed by atoms with Crippen molar-refractivity contribution in [3.05, 3.63) is 35.1 Å². The molecule has 7 nitrogen and oxygen atoms in total. The predicted molar refractivity (Wildman–Crippen MR) is 84.3 cm³/mol. The highest BCUT2D eigenvalue weighted by Crippen LogP contribution is 2.31. The third-order valence-corrected chi connectivity index (χ3v) is 5.55. The molecule has 1 amide bonds. The molecule has 3 aromatic rings. The third-order valence-electron chi connectivity index (χ3n) is 4.69. The van der Waals surface area contributed by atoms with Crippen LogP contribution in [-0.2, 0) is 11.3 Å². The van der Waals surface area contributed by atoms with Crippen molar-refractivity contribution < 1.29 is 9.53 Å². The van der Waals surface area contributed by atoms with E-state index in [1.165, 1.54) is 0 Å². The maximum atomic E-state index is 12.8. The van der Waals surface area contributed by atoms with Crippen molar-refractivity contribution in [1.29, 1.82) is 0 Å². The molecule has 0 spiro atoms. The first kappa shape index (κ1) is 13.3. The predicted octanol–water partition coefficient (Wildman–Crippen LogP) is 1.81. The topological polar surface area (TPSA) is 76.0 Å². The molecule has 2 atom stereocenters. The second kappa shape index (κ2) is 4.90. The average Bonchev–Trinajstić information content (AvgIpc) is 3.28. The normalized spacial score (nSPS) is 23.7. The summed E-state index contributed by atoms with van der Waals surface area (Å²) in [7, 11) is 0. The third kappa shape index (κ3) is 2.02. The molecule has 0 radical (unpaired) electrons. The fourth-order valence-corrected chi connectivity index (χ4v) is 4.28. The lowest BCUT2D eigenvalue weighted by Gasteiger charge is -2.40. The Labute approximate surface area is 135 Å². The first-order chi connectivity index (χ1) is 11.3. The van der Waals surface area contributed by atoms with Crippen LogP contribution >= 0.6 is 11.3 Å². The first-order valence-corrected chi connectivity index (χ1v) is 8.54. The smallest absolute Gasteiger partial charge is 0.270 e. The van der Waals surface area contributed by atoms with Gasteiger partial charge in [0.05, 0.1) is 40.9 Å². The molecular formula is C15H15N5O2S. The Morgan fingerprint density at radius 3 is 3.35 bits per heavy atom. The summed E-state index contributed by atoms with van der Waals surface area (Å²) < 4.78 is 8.92. The van der Waals surface area contributed by atoms with Crippen molar-refractivity contribution in [2.75, 3.05) is 13.1 Å². The highest BCUT2D eigenvalue weighted by atomic mass is 32.1.